The quantitative estimate of drug-likeness (QED) is 0.0688. The molecule has 0 spiro atoms. The minimum Gasteiger partial charge on any atom is -0.477 e. The highest BCUT2D eigenvalue weighted by atomic mass is 32.1. The zero-order valence-electron chi connectivity index (χ0n) is 39.1. The lowest BCUT2D eigenvalue weighted by atomic mass is 9.70. The van der Waals surface area contributed by atoms with Gasteiger partial charge in [-0.2, -0.15) is 5.26 Å². The molecule has 3 heterocycles. The van der Waals surface area contributed by atoms with Gasteiger partial charge in [-0.15, -0.1) is 34.0 Å². The highest BCUT2D eigenvalue weighted by Crippen LogP contribution is 2.58. The first-order valence-electron chi connectivity index (χ1n) is 24.5. The van der Waals surface area contributed by atoms with Gasteiger partial charge in [0.15, 0.2) is 0 Å². The van der Waals surface area contributed by atoms with Crippen molar-refractivity contribution in [1.29, 1.82) is 5.26 Å². The summed E-state index contributed by atoms with van der Waals surface area (Å²) in [5.41, 5.74) is 15.9. The highest BCUT2D eigenvalue weighted by Gasteiger charge is 2.44. The van der Waals surface area contributed by atoms with Crippen molar-refractivity contribution >= 4 is 81.9 Å². The molecule has 0 fully saturated rings. The smallest absolute Gasteiger partial charge is 0.346 e. The summed E-state index contributed by atoms with van der Waals surface area (Å²) in [5.74, 6) is -1.20. The SMILES string of the molecule is CCCCC1(CCCC)c2ccccc2-c2ccc(N(c3ccc(-c4cc5sc6cc(/C=C(\C#N)C(=O)O)sc6c5s4)cc3)c3ccc4c(c3)C(CCCC)(CCCC)c3ccccc3-4)cc21. The van der Waals surface area contributed by atoms with E-state index in [4.69, 9.17) is 0 Å². The van der Waals surface area contributed by atoms with Crippen LogP contribution >= 0.6 is 34.0 Å². The number of benzene rings is 5. The van der Waals surface area contributed by atoms with Gasteiger partial charge >= 0.3 is 5.97 Å². The van der Waals surface area contributed by atoms with Crippen molar-refractivity contribution in [3.63, 3.8) is 0 Å². The van der Waals surface area contributed by atoms with Crippen LogP contribution in [0.25, 0.3) is 57.6 Å². The van der Waals surface area contributed by atoms with Crippen LogP contribution in [-0.2, 0) is 15.6 Å². The van der Waals surface area contributed by atoms with Crippen LogP contribution in [0.4, 0.5) is 17.1 Å². The number of carboxylic acid groups (broad SMARTS) is 1. The zero-order valence-corrected chi connectivity index (χ0v) is 41.5. The highest BCUT2D eigenvalue weighted by molar-refractivity contribution is 7.39. The Bertz CT molecular complexity index is 3080. The summed E-state index contributed by atoms with van der Waals surface area (Å²) in [4.78, 5) is 16.1. The first-order chi connectivity index (χ1) is 32.8. The molecule has 0 radical (unpaired) electrons. The summed E-state index contributed by atoms with van der Waals surface area (Å²) in [6, 6.07) is 48.5. The van der Waals surface area contributed by atoms with E-state index in [1.807, 2.05) is 12.1 Å². The van der Waals surface area contributed by atoms with Crippen molar-refractivity contribution in [1.82, 2.24) is 0 Å². The first kappa shape index (κ1) is 45.0. The number of carboxylic acids is 1. The summed E-state index contributed by atoms with van der Waals surface area (Å²) in [7, 11) is 0. The molecular weight excluding hydrogens is 877 g/mol. The Labute approximate surface area is 407 Å². The van der Waals surface area contributed by atoms with Crippen molar-refractivity contribution in [2.75, 3.05) is 4.90 Å². The third-order valence-electron chi connectivity index (χ3n) is 14.7. The van der Waals surface area contributed by atoms with E-state index in [9.17, 15) is 15.2 Å². The molecule has 7 heteroatoms. The number of thiophene rings is 3. The Hall–Kier alpha value is -5.78. The maximum absolute atomic E-state index is 11.6. The number of carbonyl (C=O) groups is 1. The summed E-state index contributed by atoms with van der Waals surface area (Å²) in [6.45, 7) is 9.32. The Kier molecular flexibility index (Phi) is 12.6. The Balaban J connectivity index is 1.11. The van der Waals surface area contributed by atoms with Crippen LogP contribution in [0.15, 0.2) is 127 Å². The van der Waals surface area contributed by atoms with E-state index in [0.29, 0.717) is 0 Å². The van der Waals surface area contributed by atoms with Gasteiger partial charge in [-0.25, -0.2) is 4.79 Å². The maximum atomic E-state index is 11.6. The molecule has 2 aliphatic carbocycles. The van der Waals surface area contributed by atoms with E-state index in [-0.39, 0.29) is 16.4 Å². The second kappa shape index (κ2) is 18.7. The third-order valence-corrected chi connectivity index (χ3v) is 18.5. The summed E-state index contributed by atoms with van der Waals surface area (Å²) in [5, 5.41) is 18.8. The van der Waals surface area contributed by atoms with E-state index in [2.05, 4.69) is 148 Å². The standard InChI is InChI=1S/C60H58N2O2S3/c1-5-9-29-59(30-10-6-2)49-19-15-13-17-45(49)47-27-25-42(34-51(47)59)62(43-26-28-48-46-18-14-16-20-50(46)60(31-11-7-3,32-12-8-4)52(48)35-43)41-23-21-39(22-24-41)53-37-55-57(67-53)56-54(66-55)36-44(65-56)33-40(38-61)58(63)64/h13-28,33-37H,5-12,29-32H2,1-4H3,(H,63,64)/b40-33+. The zero-order chi connectivity index (χ0) is 46.3. The van der Waals surface area contributed by atoms with Crippen LogP contribution in [0.1, 0.15) is 132 Å². The molecule has 0 amide bonds. The average Bonchev–Trinajstić information content (AvgIpc) is 4.15. The molecule has 0 bridgehead atoms. The number of nitriles is 1. The molecule has 4 nitrogen and oxygen atoms in total. The maximum Gasteiger partial charge on any atom is 0.346 e. The third kappa shape index (κ3) is 7.76. The van der Waals surface area contributed by atoms with Crippen molar-refractivity contribution in [3.8, 4) is 38.8 Å². The van der Waals surface area contributed by atoms with E-state index in [1.165, 1.54) is 133 Å². The lowest BCUT2D eigenvalue weighted by molar-refractivity contribution is -0.132. The number of nitrogens with zero attached hydrogens (tertiary/aromatic N) is 2. The Morgan fingerprint density at radius 3 is 1.52 bits per heavy atom. The van der Waals surface area contributed by atoms with Crippen molar-refractivity contribution < 1.29 is 9.90 Å². The van der Waals surface area contributed by atoms with E-state index in [1.54, 1.807) is 34.0 Å². The second-order valence-electron chi connectivity index (χ2n) is 18.7. The van der Waals surface area contributed by atoms with Crippen molar-refractivity contribution in [2.24, 2.45) is 0 Å². The molecule has 1 N–H and O–H groups in total. The minimum atomic E-state index is -1.20. The number of hydrogen-bond donors (Lipinski definition) is 1. The fraction of sp³-hybridized carbons (Fsp3) is 0.300. The summed E-state index contributed by atoms with van der Waals surface area (Å²) >= 11 is 5.06. The number of rotatable bonds is 18. The number of fused-ring (bicyclic) bond motifs is 9. The van der Waals surface area contributed by atoms with Gasteiger partial charge in [0.2, 0.25) is 0 Å². The van der Waals surface area contributed by atoms with E-state index >= 15 is 0 Å². The number of aliphatic carboxylic acids is 1. The molecule has 67 heavy (non-hydrogen) atoms. The fourth-order valence-corrected chi connectivity index (χ4v) is 15.5. The van der Waals surface area contributed by atoms with Crippen molar-refractivity contribution in [2.45, 2.75) is 116 Å². The lowest BCUT2D eigenvalue weighted by Gasteiger charge is -2.35. The normalized spacial score (nSPS) is 14.2. The fourth-order valence-electron chi connectivity index (χ4n) is 11.5. The predicted molar refractivity (Wildman–Crippen MR) is 287 cm³/mol. The average molecular weight is 935 g/mol. The topological polar surface area (TPSA) is 64.3 Å². The van der Waals surface area contributed by atoms with Gasteiger partial charge in [0.25, 0.3) is 0 Å². The molecule has 2 aliphatic rings. The monoisotopic (exact) mass is 934 g/mol. The van der Waals surface area contributed by atoms with Gasteiger partial charge in [0, 0.05) is 47.0 Å². The van der Waals surface area contributed by atoms with Crippen LogP contribution in [0.3, 0.4) is 0 Å². The molecule has 0 saturated carbocycles. The molecule has 5 aromatic carbocycles. The molecule has 338 valence electrons. The van der Waals surface area contributed by atoms with Gasteiger partial charge < -0.3 is 10.0 Å². The number of hydrogen-bond acceptors (Lipinski definition) is 6. The summed E-state index contributed by atoms with van der Waals surface area (Å²) in [6.07, 6.45) is 15.6. The molecule has 10 rings (SSSR count). The number of unbranched alkanes of at least 4 members (excludes halogenated alkanes) is 4. The van der Waals surface area contributed by atoms with Crippen LogP contribution in [0, 0.1) is 11.3 Å². The van der Waals surface area contributed by atoms with Crippen LogP contribution in [0.2, 0.25) is 0 Å². The molecule has 0 aliphatic heterocycles. The minimum absolute atomic E-state index is 0.0240. The Morgan fingerprint density at radius 1 is 0.567 bits per heavy atom. The van der Waals surface area contributed by atoms with Gasteiger partial charge in [0.05, 0.1) is 9.40 Å². The summed E-state index contributed by atoms with van der Waals surface area (Å²) < 4.78 is 4.70. The molecule has 0 unspecified atom stereocenters. The Morgan fingerprint density at radius 2 is 1.03 bits per heavy atom. The van der Waals surface area contributed by atoms with E-state index in [0.717, 1.165) is 45.6 Å². The van der Waals surface area contributed by atoms with Gasteiger partial charge in [-0.3, -0.25) is 0 Å². The molecule has 0 atom stereocenters. The van der Waals surface area contributed by atoms with Crippen LogP contribution < -0.4 is 4.90 Å². The number of anilines is 3. The molecule has 0 saturated heterocycles. The molecule has 8 aromatic rings. The second-order valence-corrected chi connectivity index (χ2v) is 22.0. The van der Waals surface area contributed by atoms with Crippen LogP contribution in [-0.4, -0.2) is 11.1 Å². The molecular formula is C60H58N2O2S3. The van der Waals surface area contributed by atoms with Gasteiger partial charge in [-0.05, 0) is 130 Å². The van der Waals surface area contributed by atoms with Crippen LogP contribution in [0.5, 0.6) is 0 Å². The lowest BCUT2D eigenvalue weighted by Crippen LogP contribution is -2.26. The largest absolute Gasteiger partial charge is 0.477 e. The van der Waals surface area contributed by atoms with E-state index < -0.39 is 5.97 Å². The van der Waals surface area contributed by atoms with Gasteiger partial charge in [-0.1, -0.05) is 152 Å². The first-order valence-corrected chi connectivity index (χ1v) is 26.9. The van der Waals surface area contributed by atoms with Gasteiger partial charge in [0.1, 0.15) is 11.6 Å². The molecule has 3 aromatic heterocycles. The van der Waals surface area contributed by atoms with Crippen molar-refractivity contribution in [3.05, 3.63) is 154 Å². The predicted octanol–water partition coefficient (Wildman–Crippen LogP) is 18.6.